The number of likely N-dealkylation sites (tertiary alicyclic amines) is 1. The maximum Gasteiger partial charge on any atom is 0.225 e. The summed E-state index contributed by atoms with van der Waals surface area (Å²) in [5.74, 6) is 0.372. The number of carbonyl (C=O) groups excluding carboxylic acids is 1. The van der Waals surface area contributed by atoms with Crippen molar-refractivity contribution in [3.8, 4) is 0 Å². The maximum atomic E-state index is 11.5. The molecule has 0 unspecified atom stereocenters. The minimum Gasteiger partial charge on any atom is -0.334 e. The zero-order chi connectivity index (χ0) is 9.47. The topological polar surface area (TPSA) is 20.3 Å². The van der Waals surface area contributed by atoms with Crippen LogP contribution in [0.5, 0.6) is 0 Å². The molecule has 2 nitrogen and oxygen atoms in total. The van der Waals surface area contributed by atoms with Crippen LogP contribution in [0.1, 0.15) is 52.4 Å². The van der Waals surface area contributed by atoms with E-state index < -0.39 is 0 Å². The van der Waals surface area contributed by atoms with E-state index in [9.17, 15) is 4.79 Å². The molecule has 2 heteroatoms. The summed E-state index contributed by atoms with van der Waals surface area (Å²) in [6, 6.07) is 0.560. The highest BCUT2D eigenvalue weighted by molar-refractivity contribution is 5.84. The second-order valence-electron chi connectivity index (χ2n) is 5.04. The van der Waals surface area contributed by atoms with Crippen LogP contribution < -0.4 is 0 Å². The van der Waals surface area contributed by atoms with Gasteiger partial charge in [0.15, 0.2) is 0 Å². The molecule has 74 valence electrons. The number of hydrogen-bond donors (Lipinski definition) is 0. The molecular formula is C11H19NO. The Hall–Kier alpha value is -0.530. The van der Waals surface area contributed by atoms with E-state index in [2.05, 4.69) is 18.7 Å². The molecule has 1 heterocycles. The van der Waals surface area contributed by atoms with Crippen LogP contribution in [-0.4, -0.2) is 22.4 Å². The average Bonchev–Trinajstić information content (AvgIpc) is 2.04. The fourth-order valence-corrected chi connectivity index (χ4v) is 2.82. The highest BCUT2D eigenvalue weighted by Gasteiger charge is 2.46. The van der Waals surface area contributed by atoms with Crippen molar-refractivity contribution in [1.82, 2.24) is 4.90 Å². The lowest BCUT2D eigenvalue weighted by molar-refractivity contribution is -0.160. The zero-order valence-corrected chi connectivity index (χ0v) is 8.68. The van der Waals surface area contributed by atoms with Crippen LogP contribution in [-0.2, 0) is 4.79 Å². The van der Waals surface area contributed by atoms with E-state index in [0.717, 1.165) is 6.42 Å². The molecule has 0 aromatic rings. The molecule has 0 aromatic carbocycles. The van der Waals surface area contributed by atoms with Crippen LogP contribution in [0.15, 0.2) is 0 Å². The lowest BCUT2D eigenvalue weighted by Crippen LogP contribution is -2.64. The number of hydrogen-bond acceptors (Lipinski definition) is 1. The fourth-order valence-electron chi connectivity index (χ4n) is 2.82. The van der Waals surface area contributed by atoms with Gasteiger partial charge in [0.2, 0.25) is 5.91 Å². The first-order valence-corrected chi connectivity index (χ1v) is 5.43. The van der Waals surface area contributed by atoms with Crippen molar-refractivity contribution in [3.05, 3.63) is 0 Å². The molecule has 1 aliphatic heterocycles. The fraction of sp³-hybridized carbons (Fsp3) is 0.909. The second kappa shape index (κ2) is 3.00. The molecule has 1 saturated heterocycles. The monoisotopic (exact) mass is 181 g/mol. The summed E-state index contributed by atoms with van der Waals surface area (Å²) in [5.41, 5.74) is 0.152. The Morgan fingerprint density at radius 2 is 1.85 bits per heavy atom. The van der Waals surface area contributed by atoms with E-state index in [4.69, 9.17) is 0 Å². The lowest BCUT2D eigenvalue weighted by Gasteiger charge is -2.53. The molecule has 0 bridgehead atoms. The third kappa shape index (κ3) is 1.47. The number of carbonyl (C=O) groups is 1. The molecule has 0 radical (unpaired) electrons. The minimum absolute atomic E-state index is 0.152. The Labute approximate surface area is 80.3 Å². The first kappa shape index (κ1) is 9.04. The molecule has 2 rings (SSSR count). The van der Waals surface area contributed by atoms with E-state index in [-0.39, 0.29) is 5.54 Å². The molecule has 0 N–H and O–H groups in total. The number of amides is 1. The Kier molecular flexibility index (Phi) is 2.09. The Bertz CT molecular complexity index is 216. The summed E-state index contributed by atoms with van der Waals surface area (Å²) >= 11 is 0. The SMILES string of the molecule is CC1(C)CC(=O)N1C1CCCCC1. The molecule has 0 aromatic heterocycles. The van der Waals surface area contributed by atoms with Gasteiger partial charge in [-0.15, -0.1) is 0 Å². The molecule has 1 aliphatic carbocycles. The summed E-state index contributed by atoms with van der Waals surface area (Å²) in [4.78, 5) is 13.6. The van der Waals surface area contributed by atoms with Crippen LogP contribution in [0.25, 0.3) is 0 Å². The normalized spacial score (nSPS) is 28.8. The van der Waals surface area contributed by atoms with Gasteiger partial charge >= 0.3 is 0 Å². The molecule has 2 aliphatic rings. The molecule has 1 amide bonds. The summed E-state index contributed by atoms with van der Waals surface area (Å²) in [6.07, 6.45) is 7.20. The van der Waals surface area contributed by atoms with Gasteiger partial charge in [0.05, 0.1) is 0 Å². The summed E-state index contributed by atoms with van der Waals surface area (Å²) in [5, 5.41) is 0. The van der Waals surface area contributed by atoms with Gasteiger partial charge in [0, 0.05) is 18.0 Å². The van der Waals surface area contributed by atoms with Gasteiger partial charge in [-0.1, -0.05) is 19.3 Å². The number of rotatable bonds is 1. The van der Waals surface area contributed by atoms with Gasteiger partial charge in [-0.3, -0.25) is 4.79 Å². The van der Waals surface area contributed by atoms with Crippen LogP contribution in [0.4, 0.5) is 0 Å². The highest BCUT2D eigenvalue weighted by Crippen LogP contribution is 2.37. The van der Waals surface area contributed by atoms with Crippen molar-refractivity contribution in [2.75, 3.05) is 0 Å². The minimum atomic E-state index is 0.152. The third-order valence-electron chi connectivity index (χ3n) is 3.44. The Morgan fingerprint density at radius 3 is 2.31 bits per heavy atom. The molecule has 1 saturated carbocycles. The maximum absolute atomic E-state index is 11.5. The lowest BCUT2D eigenvalue weighted by atomic mass is 9.82. The summed E-state index contributed by atoms with van der Waals surface area (Å²) < 4.78 is 0. The van der Waals surface area contributed by atoms with Crippen LogP contribution in [0.2, 0.25) is 0 Å². The van der Waals surface area contributed by atoms with Crippen molar-refractivity contribution in [2.24, 2.45) is 0 Å². The first-order valence-electron chi connectivity index (χ1n) is 5.43. The van der Waals surface area contributed by atoms with E-state index >= 15 is 0 Å². The summed E-state index contributed by atoms with van der Waals surface area (Å²) in [6.45, 7) is 4.37. The smallest absolute Gasteiger partial charge is 0.225 e. The van der Waals surface area contributed by atoms with Crippen molar-refractivity contribution in [3.63, 3.8) is 0 Å². The van der Waals surface area contributed by atoms with E-state index in [1.54, 1.807) is 0 Å². The molecular weight excluding hydrogens is 162 g/mol. The molecule has 0 spiro atoms. The van der Waals surface area contributed by atoms with Crippen LogP contribution in [0.3, 0.4) is 0 Å². The summed E-state index contributed by atoms with van der Waals surface area (Å²) in [7, 11) is 0. The van der Waals surface area contributed by atoms with Gasteiger partial charge in [-0.05, 0) is 26.7 Å². The van der Waals surface area contributed by atoms with E-state index in [1.807, 2.05) is 0 Å². The molecule has 2 fully saturated rings. The molecule has 0 atom stereocenters. The Balaban J connectivity index is 2.02. The largest absolute Gasteiger partial charge is 0.334 e. The van der Waals surface area contributed by atoms with Gasteiger partial charge < -0.3 is 4.90 Å². The Morgan fingerprint density at radius 1 is 1.23 bits per heavy atom. The standard InChI is InChI=1S/C11H19NO/c1-11(2)8-10(13)12(11)9-6-4-3-5-7-9/h9H,3-8H2,1-2H3. The second-order valence-corrected chi connectivity index (χ2v) is 5.04. The van der Waals surface area contributed by atoms with Crippen LogP contribution in [0, 0.1) is 0 Å². The predicted octanol–water partition coefficient (Wildman–Crippen LogP) is 2.33. The van der Waals surface area contributed by atoms with Gasteiger partial charge in [0.1, 0.15) is 0 Å². The van der Waals surface area contributed by atoms with Gasteiger partial charge in [-0.25, -0.2) is 0 Å². The molecule has 13 heavy (non-hydrogen) atoms. The van der Waals surface area contributed by atoms with E-state index in [1.165, 1.54) is 32.1 Å². The highest BCUT2D eigenvalue weighted by atomic mass is 16.2. The van der Waals surface area contributed by atoms with Crippen molar-refractivity contribution in [1.29, 1.82) is 0 Å². The van der Waals surface area contributed by atoms with Crippen molar-refractivity contribution in [2.45, 2.75) is 64.0 Å². The first-order chi connectivity index (χ1) is 6.11. The predicted molar refractivity (Wildman–Crippen MR) is 52.4 cm³/mol. The number of nitrogens with zero attached hydrogens (tertiary/aromatic N) is 1. The van der Waals surface area contributed by atoms with Crippen LogP contribution >= 0.6 is 0 Å². The van der Waals surface area contributed by atoms with Gasteiger partial charge in [-0.2, -0.15) is 0 Å². The van der Waals surface area contributed by atoms with E-state index in [0.29, 0.717) is 11.9 Å². The zero-order valence-electron chi connectivity index (χ0n) is 8.68. The average molecular weight is 181 g/mol. The van der Waals surface area contributed by atoms with Crippen molar-refractivity contribution >= 4 is 5.91 Å². The van der Waals surface area contributed by atoms with Crippen molar-refractivity contribution < 1.29 is 4.79 Å². The quantitative estimate of drug-likeness (QED) is 0.568. The van der Waals surface area contributed by atoms with Gasteiger partial charge in [0.25, 0.3) is 0 Å². The third-order valence-corrected chi connectivity index (χ3v) is 3.44. The number of β-lactam (4-membered cyclic amide) rings is 1.